The number of methoxy groups -OCH3 is 1. The van der Waals surface area contributed by atoms with Crippen LogP contribution in [0.2, 0.25) is 0 Å². The van der Waals surface area contributed by atoms with Gasteiger partial charge in [-0.3, -0.25) is 0 Å². The first-order valence-electron chi connectivity index (χ1n) is 7.26. The van der Waals surface area contributed by atoms with Crippen LogP contribution in [0, 0.1) is 0 Å². The van der Waals surface area contributed by atoms with Crippen molar-refractivity contribution in [3.63, 3.8) is 0 Å². The van der Waals surface area contributed by atoms with Crippen LogP contribution in [-0.2, 0) is 10.3 Å². The smallest absolute Gasteiger partial charge is 0.221 e. The van der Waals surface area contributed by atoms with E-state index in [1.807, 2.05) is 19.0 Å². The van der Waals surface area contributed by atoms with Gasteiger partial charge in [-0.05, 0) is 16.5 Å². The Balaban J connectivity index is 2.07. The van der Waals surface area contributed by atoms with Crippen LogP contribution in [0.5, 0.6) is 0 Å². The van der Waals surface area contributed by atoms with Crippen molar-refractivity contribution in [3.05, 3.63) is 29.7 Å². The summed E-state index contributed by atoms with van der Waals surface area (Å²) in [6.45, 7) is 0. The average Bonchev–Trinajstić information content (AvgIpc) is 3.17. The van der Waals surface area contributed by atoms with E-state index >= 15 is 0 Å². The number of nitrogens with zero attached hydrogens (tertiary/aromatic N) is 8. The number of fused-ring (bicyclic) bond motifs is 2. The molecule has 0 fully saturated rings. The quantitative estimate of drug-likeness (QED) is 0.546. The van der Waals surface area contributed by atoms with Crippen molar-refractivity contribution in [2.24, 2.45) is 0 Å². The van der Waals surface area contributed by atoms with Gasteiger partial charge in [0.2, 0.25) is 5.65 Å². The summed E-state index contributed by atoms with van der Waals surface area (Å²) in [4.78, 5) is 7.30. The number of aromatic nitrogens is 7. The van der Waals surface area contributed by atoms with E-state index in [9.17, 15) is 10.4 Å². The third-order valence-electron chi connectivity index (χ3n) is 4.14. The molecule has 3 N–H and O–H groups in total. The minimum atomic E-state index is -1.17. The summed E-state index contributed by atoms with van der Waals surface area (Å²) in [6, 6.07) is 0. The molecule has 1 atom stereocenters. The number of hydrogen-bond donors (Lipinski definition) is 3. The maximum absolute atomic E-state index is 9.83. The number of hydrogen-bond acceptors (Lipinski definition) is 10. The molecule has 4 rings (SSSR count). The molecule has 25 heavy (non-hydrogen) atoms. The Kier molecular flexibility index (Phi) is 3.05. The molecule has 1 unspecified atom stereocenters. The van der Waals surface area contributed by atoms with Crippen LogP contribution in [0.25, 0.3) is 11.2 Å². The van der Waals surface area contributed by atoms with Crippen molar-refractivity contribution in [1.82, 2.24) is 35.3 Å². The summed E-state index contributed by atoms with van der Waals surface area (Å²) < 4.78 is 5.81. The van der Waals surface area contributed by atoms with Crippen molar-refractivity contribution in [2.45, 2.75) is 5.60 Å². The molecule has 0 aliphatic carbocycles. The molecule has 0 spiro atoms. The van der Waals surface area contributed by atoms with Gasteiger partial charge in [0.05, 0.1) is 5.69 Å². The van der Waals surface area contributed by atoms with Crippen LogP contribution >= 0.6 is 0 Å². The molecule has 0 saturated carbocycles. The van der Waals surface area contributed by atoms with Crippen LogP contribution in [0.4, 0.5) is 11.5 Å². The standard InChI is InChI=1S/C13H15N9O3/c1-20(2)9-7(6-15-11-8(9)16-18-21(11)23)13(25-3)4-5-14-12-10(13)17-19-22(12)24/h4-6,14,23-24H,1-3H3. The Morgan fingerprint density at radius 3 is 2.68 bits per heavy atom. The Morgan fingerprint density at radius 2 is 1.96 bits per heavy atom. The van der Waals surface area contributed by atoms with Gasteiger partial charge in [-0.1, -0.05) is 9.69 Å². The lowest BCUT2D eigenvalue weighted by molar-refractivity contribution is 0.0612. The first-order chi connectivity index (χ1) is 12.0. The van der Waals surface area contributed by atoms with Crippen molar-refractivity contribution < 1.29 is 15.2 Å². The van der Waals surface area contributed by atoms with E-state index in [2.05, 4.69) is 30.9 Å². The molecular formula is C13H15N9O3. The van der Waals surface area contributed by atoms with Gasteiger partial charge in [-0.15, -0.1) is 10.2 Å². The molecule has 1 aliphatic heterocycles. The van der Waals surface area contributed by atoms with E-state index in [0.29, 0.717) is 32.2 Å². The van der Waals surface area contributed by atoms with Crippen LogP contribution in [0.1, 0.15) is 11.3 Å². The normalized spacial score (nSPS) is 19.0. The maximum atomic E-state index is 9.83. The molecule has 3 aromatic heterocycles. The lowest BCUT2D eigenvalue weighted by Gasteiger charge is -2.33. The third-order valence-corrected chi connectivity index (χ3v) is 4.14. The summed E-state index contributed by atoms with van der Waals surface area (Å²) in [7, 11) is 5.17. The first kappa shape index (κ1) is 15.1. The van der Waals surface area contributed by atoms with Gasteiger partial charge < -0.3 is 25.4 Å². The van der Waals surface area contributed by atoms with Crippen molar-refractivity contribution in [2.75, 3.05) is 31.4 Å². The molecule has 1 aliphatic rings. The van der Waals surface area contributed by atoms with E-state index in [-0.39, 0.29) is 11.5 Å². The lowest BCUT2D eigenvalue weighted by Crippen LogP contribution is -2.34. The molecule has 0 bridgehead atoms. The maximum Gasteiger partial charge on any atom is 0.221 e. The van der Waals surface area contributed by atoms with Gasteiger partial charge >= 0.3 is 0 Å². The van der Waals surface area contributed by atoms with Crippen LogP contribution in [0.3, 0.4) is 0 Å². The molecule has 12 heteroatoms. The molecule has 12 nitrogen and oxygen atoms in total. The van der Waals surface area contributed by atoms with Crippen LogP contribution in [-0.4, -0.2) is 66.9 Å². The zero-order chi connectivity index (χ0) is 17.8. The number of pyridine rings is 1. The van der Waals surface area contributed by atoms with Crippen LogP contribution < -0.4 is 10.2 Å². The fourth-order valence-corrected chi connectivity index (χ4v) is 3.03. The highest BCUT2D eigenvalue weighted by Crippen LogP contribution is 2.44. The molecule has 0 amide bonds. The van der Waals surface area contributed by atoms with Gasteiger partial charge in [0.1, 0.15) is 0 Å². The number of ether oxygens (including phenoxy) is 1. The van der Waals surface area contributed by atoms with Crippen molar-refractivity contribution in [1.29, 1.82) is 0 Å². The third kappa shape index (κ3) is 1.88. The zero-order valence-corrected chi connectivity index (χ0v) is 13.6. The summed E-state index contributed by atoms with van der Waals surface area (Å²) in [5.41, 5.74) is 1.04. The molecule has 4 heterocycles. The summed E-state index contributed by atoms with van der Waals surface area (Å²) in [6.07, 6.45) is 4.91. The molecule has 3 aromatic rings. The minimum Gasteiger partial charge on any atom is -0.409 e. The van der Waals surface area contributed by atoms with E-state index in [4.69, 9.17) is 4.74 Å². The van der Waals surface area contributed by atoms with E-state index in [1.54, 1.807) is 18.5 Å². The van der Waals surface area contributed by atoms with Gasteiger partial charge in [0.15, 0.2) is 22.6 Å². The van der Waals surface area contributed by atoms with Crippen LogP contribution in [0.15, 0.2) is 18.5 Å². The summed E-state index contributed by atoms with van der Waals surface area (Å²) >= 11 is 0. The van der Waals surface area contributed by atoms with Gasteiger partial charge in [0.25, 0.3) is 0 Å². The predicted octanol–water partition coefficient (Wildman–Crippen LogP) is -0.212. The van der Waals surface area contributed by atoms with Gasteiger partial charge in [-0.25, -0.2) is 4.98 Å². The number of rotatable bonds is 3. The second kappa shape index (κ2) is 5.04. The second-order valence-electron chi connectivity index (χ2n) is 5.66. The lowest BCUT2D eigenvalue weighted by atomic mass is 9.87. The fourth-order valence-electron chi connectivity index (χ4n) is 3.03. The Hall–Kier alpha value is -3.41. The molecular weight excluding hydrogens is 330 g/mol. The largest absolute Gasteiger partial charge is 0.409 e. The Labute approximate surface area is 140 Å². The van der Waals surface area contributed by atoms with Crippen molar-refractivity contribution >= 4 is 22.7 Å². The monoisotopic (exact) mass is 345 g/mol. The number of nitrogens with one attached hydrogen (secondary N) is 1. The molecule has 0 aromatic carbocycles. The highest BCUT2D eigenvalue weighted by Gasteiger charge is 2.43. The minimum absolute atomic E-state index is 0.211. The van der Waals surface area contributed by atoms with Crippen molar-refractivity contribution in [3.8, 4) is 0 Å². The summed E-state index contributed by atoms with van der Waals surface area (Å²) in [5.74, 6) is 0.278. The van der Waals surface area contributed by atoms with E-state index < -0.39 is 5.60 Å². The molecule has 130 valence electrons. The van der Waals surface area contributed by atoms with Gasteiger partial charge in [0, 0.05) is 39.2 Å². The van der Waals surface area contributed by atoms with Gasteiger partial charge in [-0.2, -0.15) is 0 Å². The van der Waals surface area contributed by atoms with E-state index in [1.165, 1.54) is 7.11 Å². The molecule has 0 saturated heterocycles. The summed E-state index contributed by atoms with van der Waals surface area (Å²) in [5, 5.41) is 37.7. The SMILES string of the molecule is COC1(c2cnc3c(nnn3O)c2N(C)C)C=CNc2c1nnn2O. The highest BCUT2D eigenvalue weighted by molar-refractivity contribution is 5.88. The fraction of sp³-hybridized carbons (Fsp3) is 0.308. The highest BCUT2D eigenvalue weighted by atomic mass is 16.5. The number of anilines is 2. The predicted molar refractivity (Wildman–Crippen MR) is 84.6 cm³/mol. The Bertz CT molecular complexity index is 992. The molecule has 0 radical (unpaired) electrons. The topological polar surface area (TPSA) is 139 Å². The Morgan fingerprint density at radius 1 is 1.20 bits per heavy atom. The zero-order valence-electron chi connectivity index (χ0n) is 13.6. The second-order valence-corrected chi connectivity index (χ2v) is 5.66. The first-order valence-corrected chi connectivity index (χ1v) is 7.26. The average molecular weight is 345 g/mol. The van der Waals surface area contributed by atoms with E-state index in [0.717, 1.165) is 0 Å².